The lowest BCUT2D eigenvalue weighted by Crippen LogP contribution is -2.24. The number of hydrogen-bond donors (Lipinski definition) is 0. The van der Waals surface area contributed by atoms with Crippen molar-refractivity contribution in [3.05, 3.63) is 22.7 Å². The Morgan fingerprint density at radius 3 is 2.75 bits per heavy atom. The van der Waals surface area contributed by atoms with Crippen molar-refractivity contribution in [2.24, 2.45) is 0 Å². The first kappa shape index (κ1) is 11.3. The normalized spacial score (nSPS) is 15.7. The molecule has 1 heterocycles. The Morgan fingerprint density at radius 2 is 2.19 bits per heavy atom. The van der Waals surface area contributed by atoms with Crippen LogP contribution in [-0.2, 0) is 4.79 Å². The fourth-order valence-electron chi connectivity index (χ4n) is 1.93. The summed E-state index contributed by atoms with van der Waals surface area (Å²) in [5.74, 6) is 0.811. The first-order valence-corrected chi connectivity index (χ1v) is 5.66. The Kier molecular flexibility index (Phi) is 3.06. The molecule has 16 heavy (non-hydrogen) atoms. The number of rotatable bonds is 2. The lowest BCUT2D eigenvalue weighted by Gasteiger charge is -2.20. The van der Waals surface area contributed by atoms with E-state index in [0.717, 1.165) is 24.2 Å². The summed E-state index contributed by atoms with van der Waals surface area (Å²) in [7, 11) is 1.59. The first-order valence-electron chi connectivity index (χ1n) is 5.28. The highest BCUT2D eigenvalue weighted by Gasteiger charge is 2.24. The van der Waals surface area contributed by atoms with E-state index in [1.165, 1.54) is 0 Å². The van der Waals surface area contributed by atoms with Crippen LogP contribution in [0.5, 0.6) is 5.75 Å². The van der Waals surface area contributed by atoms with E-state index in [1.54, 1.807) is 18.1 Å². The molecule has 0 spiro atoms. The van der Waals surface area contributed by atoms with Crippen LogP contribution in [0, 0.1) is 6.92 Å². The monoisotopic (exact) mass is 239 g/mol. The average molecular weight is 240 g/mol. The summed E-state index contributed by atoms with van der Waals surface area (Å²) >= 11 is 6.02. The van der Waals surface area contributed by atoms with E-state index in [0.29, 0.717) is 17.2 Å². The Bertz CT molecular complexity index is 431. The number of benzene rings is 1. The zero-order valence-electron chi connectivity index (χ0n) is 9.42. The second-order valence-corrected chi connectivity index (χ2v) is 4.33. The Hall–Kier alpha value is -1.22. The fraction of sp³-hybridized carbons (Fsp3) is 0.417. The van der Waals surface area contributed by atoms with Crippen LogP contribution in [0.4, 0.5) is 5.69 Å². The molecular weight excluding hydrogens is 226 g/mol. The standard InChI is InChI=1S/C12H14ClNO2/c1-8-6-10(11(16-2)7-9(8)13)14-5-3-4-12(14)15/h6-7H,3-5H2,1-2H3. The molecule has 1 saturated heterocycles. The van der Waals surface area contributed by atoms with E-state index in [9.17, 15) is 4.79 Å². The van der Waals surface area contributed by atoms with Gasteiger partial charge in [0.25, 0.3) is 0 Å². The third kappa shape index (κ3) is 1.87. The van der Waals surface area contributed by atoms with Crippen LogP contribution in [-0.4, -0.2) is 19.6 Å². The maximum atomic E-state index is 11.7. The lowest BCUT2D eigenvalue weighted by molar-refractivity contribution is -0.117. The predicted octanol–water partition coefficient (Wildman–Crippen LogP) is 2.78. The van der Waals surface area contributed by atoms with Gasteiger partial charge in [-0.25, -0.2) is 0 Å². The maximum Gasteiger partial charge on any atom is 0.227 e. The van der Waals surface area contributed by atoms with Gasteiger partial charge in [-0.1, -0.05) is 11.6 Å². The van der Waals surface area contributed by atoms with Crippen molar-refractivity contribution in [1.82, 2.24) is 0 Å². The molecule has 1 aromatic rings. The average Bonchev–Trinajstić information content (AvgIpc) is 2.68. The second-order valence-electron chi connectivity index (χ2n) is 3.92. The number of anilines is 1. The molecule has 0 N–H and O–H groups in total. The van der Waals surface area contributed by atoms with Crippen molar-refractivity contribution >= 4 is 23.2 Å². The third-order valence-corrected chi connectivity index (χ3v) is 3.23. The van der Waals surface area contributed by atoms with Gasteiger partial charge >= 0.3 is 0 Å². The Morgan fingerprint density at radius 1 is 1.44 bits per heavy atom. The number of nitrogens with zero attached hydrogens (tertiary/aromatic N) is 1. The summed E-state index contributed by atoms with van der Waals surface area (Å²) in [4.78, 5) is 13.4. The molecule has 86 valence electrons. The topological polar surface area (TPSA) is 29.5 Å². The Labute approximate surface area is 100.0 Å². The molecule has 4 heteroatoms. The molecule has 1 fully saturated rings. The van der Waals surface area contributed by atoms with E-state index in [4.69, 9.17) is 16.3 Å². The van der Waals surface area contributed by atoms with Crippen LogP contribution in [0.2, 0.25) is 5.02 Å². The highest BCUT2D eigenvalue weighted by molar-refractivity contribution is 6.31. The quantitative estimate of drug-likeness (QED) is 0.794. The highest BCUT2D eigenvalue weighted by atomic mass is 35.5. The zero-order valence-corrected chi connectivity index (χ0v) is 10.2. The van der Waals surface area contributed by atoms with Crippen LogP contribution in [0.15, 0.2) is 12.1 Å². The van der Waals surface area contributed by atoms with Crippen LogP contribution in [0.25, 0.3) is 0 Å². The first-order chi connectivity index (χ1) is 7.63. The fourth-order valence-corrected chi connectivity index (χ4v) is 2.08. The molecule has 0 radical (unpaired) electrons. The van der Waals surface area contributed by atoms with Gasteiger partial charge in [-0.05, 0) is 25.0 Å². The summed E-state index contributed by atoms with van der Waals surface area (Å²) in [5, 5.41) is 0.659. The minimum atomic E-state index is 0.153. The van der Waals surface area contributed by atoms with Gasteiger partial charge in [0.1, 0.15) is 5.75 Å². The smallest absolute Gasteiger partial charge is 0.227 e. The second kappa shape index (κ2) is 4.34. The van der Waals surface area contributed by atoms with Crippen LogP contribution in [0.3, 0.4) is 0 Å². The summed E-state index contributed by atoms with van der Waals surface area (Å²) in [6.07, 6.45) is 1.52. The van der Waals surface area contributed by atoms with E-state index in [1.807, 2.05) is 13.0 Å². The van der Waals surface area contributed by atoms with Gasteiger partial charge in [-0.3, -0.25) is 4.79 Å². The van der Waals surface area contributed by atoms with Crippen LogP contribution < -0.4 is 9.64 Å². The molecular formula is C12H14ClNO2. The number of carbonyl (C=O) groups is 1. The molecule has 0 atom stereocenters. The summed E-state index contributed by atoms with van der Waals surface area (Å²) in [6.45, 7) is 2.68. The molecule has 2 rings (SSSR count). The van der Waals surface area contributed by atoms with Gasteiger partial charge in [0.2, 0.25) is 5.91 Å². The minimum absolute atomic E-state index is 0.153. The zero-order chi connectivity index (χ0) is 11.7. The van der Waals surface area contributed by atoms with Gasteiger partial charge in [-0.15, -0.1) is 0 Å². The predicted molar refractivity (Wildman–Crippen MR) is 64.3 cm³/mol. The number of ether oxygens (including phenoxy) is 1. The summed E-state index contributed by atoms with van der Waals surface area (Å²) < 4.78 is 5.26. The van der Waals surface area contributed by atoms with Crippen molar-refractivity contribution < 1.29 is 9.53 Å². The van der Waals surface area contributed by atoms with Gasteiger partial charge in [0, 0.05) is 24.1 Å². The number of aryl methyl sites for hydroxylation is 1. The number of halogens is 1. The number of methoxy groups -OCH3 is 1. The number of hydrogen-bond acceptors (Lipinski definition) is 2. The number of carbonyl (C=O) groups excluding carboxylic acids is 1. The van der Waals surface area contributed by atoms with Crippen molar-refractivity contribution in [3.8, 4) is 5.75 Å². The van der Waals surface area contributed by atoms with Crippen molar-refractivity contribution in [3.63, 3.8) is 0 Å². The van der Waals surface area contributed by atoms with Gasteiger partial charge in [0.15, 0.2) is 0 Å². The molecule has 1 aliphatic rings. The summed E-state index contributed by atoms with van der Waals surface area (Å²) in [5.41, 5.74) is 1.78. The number of amides is 1. The lowest BCUT2D eigenvalue weighted by atomic mass is 10.2. The SMILES string of the molecule is COc1cc(Cl)c(C)cc1N1CCCC1=O. The molecule has 1 amide bonds. The van der Waals surface area contributed by atoms with Crippen molar-refractivity contribution in [2.75, 3.05) is 18.6 Å². The Balaban J connectivity index is 2.46. The third-order valence-electron chi connectivity index (χ3n) is 2.82. The highest BCUT2D eigenvalue weighted by Crippen LogP contribution is 2.35. The van der Waals surface area contributed by atoms with Gasteiger partial charge in [0.05, 0.1) is 12.8 Å². The van der Waals surface area contributed by atoms with Crippen LogP contribution in [0.1, 0.15) is 18.4 Å². The molecule has 1 aliphatic heterocycles. The van der Waals surface area contributed by atoms with Crippen molar-refractivity contribution in [1.29, 1.82) is 0 Å². The van der Waals surface area contributed by atoms with Crippen molar-refractivity contribution in [2.45, 2.75) is 19.8 Å². The maximum absolute atomic E-state index is 11.7. The largest absolute Gasteiger partial charge is 0.495 e. The minimum Gasteiger partial charge on any atom is -0.495 e. The van der Waals surface area contributed by atoms with E-state index in [-0.39, 0.29) is 5.91 Å². The molecule has 0 saturated carbocycles. The van der Waals surface area contributed by atoms with E-state index >= 15 is 0 Å². The van der Waals surface area contributed by atoms with Crippen LogP contribution >= 0.6 is 11.6 Å². The molecule has 3 nitrogen and oxygen atoms in total. The molecule has 1 aromatic carbocycles. The molecule has 0 aromatic heterocycles. The molecule has 0 unspecified atom stereocenters. The summed E-state index contributed by atoms with van der Waals surface area (Å²) in [6, 6.07) is 3.67. The molecule has 0 bridgehead atoms. The van der Waals surface area contributed by atoms with Gasteiger partial charge in [-0.2, -0.15) is 0 Å². The van der Waals surface area contributed by atoms with E-state index in [2.05, 4.69) is 0 Å². The van der Waals surface area contributed by atoms with Gasteiger partial charge < -0.3 is 9.64 Å². The van der Waals surface area contributed by atoms with E-state index < -0.39 is 0 Å². The molecule has 0 aliphatic carbocycles.